The number of aliphatic hydroxyl groups is 1. The van der Waals surface area contributed by atoms with Gasteiger partial charge in [-0.2, -0.15) is 0 Å². The molecule has 0 bridgehead atoms. The molecule has 0 spiro atoms. The third-order valence-electron chi connectivity index (χ3n) is 2.22. The number of aliphatic hydroxyl groups excluding tert-OH is 1. The Hall–Kier alpha value is -0.610. The highest BCUT2D eigenvalue weighted by molar-refractivity contribution is 5.75. The van der Waals surface area contributed by atoms with Gasteiger partial charge in [-0.15, -0.1) is 0 Å². The van der Waals surface area contributed by atoms with E-state index in [1.165, 1.54) is 12.8 Å². The molecule has 0 aromatic carbocycles. The zero-order chi connectivity index (χ0) is 11.5. The number of hydrogen-bond donors (Lipinski definition) is 2. The van der Waals surface area contributed by atoms with E-state index in [0.29, 0.717) is 12.8 Å². The van der Waals surface area contributed by atoms with Crippen molar-refractivity contribution in [2.75, 3.05) is 13.2 Å². The lowest BCUT2D eigenvalue weighted by Gasteiger charge is -2.10. The smallest absolute Gasteiger partial charge is 0.322 e. The van der Waals surface area contributed by atoms with Crippen molar-refractivity contribution in [3.8, 4) is 0 Å². The summed E-state index contributed by atoms with van der Waals surface area (Å²) in [5, 5.41) is 8.50. The molecular formula is C11H23NO3. The fraction of sp³-hybridized carbons (Fsp3) is 0.909. The number of ether oxygens (including phenoxy) is 1. The first kappa shape index (κ1) is 14.4. The van der Waals surface area contributed by atoms with Gasteiger partial charge in [0.1, 0.15) is 6.04 Å². The van der Waals surface area contributed by atoms with Crippen LogP contribution >= 0.6 is 0 Å². The van der Waals surface area contributed by atoms with Crippen LogP contribution in [0.25, 0.3) is 0 Å². The predicted molar refractivity (Wildman–Crippen MR) is 59.4 cm³/mol. The molecule has 0 radical (unpaired) electrons. The number of carbonyl (C=O) groups excluding carboxylic acids is 1. The van der Waals surface area contributed by atoms with Crippen LogP contribution in [0.15, 0.2) is 0 Å². The van der Waals surface area contributed by atoms with Gasteiger partial charge in [0.15, 0.2) is 0 Å². The molecule has 0 rings (SSSR count). The maximum atomic E-state index is 11.3. The lowest BCUT2D eigenvalue weighted by molar-refractivity contribution is -0.145. The van der Waals surface area contributed by atoms with Crippen molar-refractivity contribution < 1.29 is 14.6 Å². The molecule has 0 aliphatic heterocycles. The third kappa shape index (κ3) is 8.39. The molecule has 1 unspecified atom stereocenters. The molecule has 0 aromatic rings. The highest BCUT2D eigenvalue weighted by atomic mass is 16.5. The number of nitrogens with two attached hydrogens (primary N) is 1. The molecule has 4 nitrogen and oxygen atoms in total. The molecular weight excluding hydrogens is 194 g/mol. The van der Waals surface area contributed by atoms with Gasteiger partial charge in [-0.05, 0) is 6.42 Å². The Labute approximate surface area is 91.8 Å². The Morgan fingerprint density at radius 1 is 1.33 bits per heavy atom. The van der Waals surface area contributed by atoms with Crippen molar-refractivity contribution >= 4 is 5.97 Å². The van der Waals surface area contributed by atoms with Crippen molar-refractivity contribution in [2.45, 2.75) is 51.5 Å². The molecule has 1 atom stereocenters. The van der Waals surface area contributed by atoms with Crippen molar-refractivity contribution in [2.24, 2.45) is 5.73 Å². The minimum Gasteiger partial charge on any atom is -0.464 e. The van der Waals surface area contributed by atoms with Gasteiger partial charge in [-0.25, -0.2) is 0 Å². The minimum absolute atomic E-state index is 0.0407. The van der Waals surface area contributed by atoms with Crippen LogP contribution in [-0.2, 0) is 9.53 Å². The number of esters is 1. The van der Waals surface area contributed by atoms with Crippen LogP contribution in [0.3, 0.4) is 0 Å². The van der Waals surface area contributed by atoms with Crippen LogP contribution in [0.5, 0.6) is 0 Å². The molecule has 0 fully saturated rings. The van der Waals surface area contributed by atoms with Gasteiger partial charge >= 0.3 is 5.97 Å². The van der Waals surface area contributed by atoms with Crippen molar-refractivity contribution in [3.05, 3.63) is 0 Å². The summed E-state index contributed by atoms with van der Waals surface area (Å²) < 4.78 is 4.88. The standard InChI is InChI=1S/C11H23NO3/c1-2-3-4-5-7-10(12)11(14)15-9-6-8-13/h10,13H,2-9,12H2,1H3. The zero-order valence-electron chi connectivity index (χ0n) is 9.58. The fourth-order valence-corrected chi connectivity index (χ4v) is 1.25. The summed E-state index contributed by atoms with van der Waals surface area (Å²) in [5.41, 5.74) is 5.64. The average molecular weight is 217 g/mol. The molecule has 3 N–H and O–H groups in total. The van der Waals surface area contributed by atoms with Crippen molar-refractivity contribution in [1.29, 1.82) is 0 Å². The summed E-state index contributed by atoms with van der Waals surface area (Å²) in [5.74, 6) is -0.347. The first-order valence-corrected chi connectivity index (χ1v) is 5.75. The average Bonchev–Trinajstić information content (AvgIpc) is 2.24. The van der Waals surface area contributed by atoms with Gasteiger partial charge in [0.2, 0.25) is 0 Å². The number of carbonyl (C=O) groups is 1. The predicted octanol–water partition coefficient (Wildman–Crippen LogP) is 1.21. The molecule has 15 heavy (non-hydrogen) atoms. The first-order chi connectivity index (χ1) is 7.22. The van der Waals surface area contributed by atoms with Crippen LogP contribution < -0.4 is 5.73 Å². The van der Waals surface area contributed by atoms with Crippen LogP contribution in [-0.4, -0.2) is 30.3 Å². The molecule has 0 aliphatic carbocycles. The van der Waals surface area contributed by atoms with E-state index in [9.17, 15) is 4.79 Å². The van der Waals surface area contributed by atoms with E-state index in [0.717, 1.165) is 12.8 Å². The molecule has 0 heterocycles. The van der Waals surface area contributed by atoms with E-state index in [4.69, 9.17) is 15.6 Å². The van der Waals surface area contributed by atoms with E-state index in [2.05, 4.69) is 6.92 Å². The summed E-state index contributed by atoms with van der Waals surface area (Å²) >= 11 is 0. The second-order valence-corrected chi connectivity index (χ2v) is 3.70. The summed E-state index contributed by atoms with van der Waals surface area (Å²) in [7, 11) is 0. The summed E-state index contributed by atoms with van der Waals surface area (Å²) in [4.78, 5) is 11.3. The third-order valence-corrected chi connectivity index (χ3v) is 2.22. The van der Waals surface area contributed by atoms with E-state index in [1.807, 2.05) is 0 Å². The van der Waals surface area contributed by atoms with Gasteiger partial charge in [-0.3, -0.25) is 4.79 Å². The number of unbranched alkanes of at least 4 members (excludes halogenated alkanes) is 3. The SMILES string of the molecule is CCCCCCC(N)C(=O)OCCCO. The quantitative estimate of drug-likeness (QED) is 0.450. The lowest BCUT2D eigenvalue weighted by Crippen LogP contribution is -2.32. The van der Waals surface area contributed by atoms with E-state index in [-0.39, 0.29) is 19.2 Å². The van der Waals surface area contributed by atoms with Gasteiger partial charge < -0.3 is 15.6 Å². The van der Waals surface area contributed by atoms with Crippen LogP contribution in [0.4, 0.5) is 0 Å². The second kappa shape index (κ2) is 9.93. The largest absolute Gasteiger partial charge is 0.464 e. The van der Waals surface area contributed by atoms with Crippen molar-refractivity contribution in [1.82, 2.24) is 0 Å². The molecule has 0 saturated heterocycles. The van der Waals surface area contributed by atoms with Crippen LogP contribution in [0.2, 0.25) is 0 Å². The summed E-state index contributed by atoms with van der Waals surface area (Å²) in [6.07, 6.45) is 5.63. The zero-order valence-corrected chi connectivity index (χ0v) is 9.58. The molecule has 0 amide bonds. The normalized spacial score (nSPS) is 12.5. The minimum atomic E-state index is -0.499. The Morgan fingerprint density at radius 2 is 2.07 bits per heavy atom. The Balaban J connectivity index is 3.42. The van der Waals surface area contributed by atoms with Gasteiger partial charge in [0.05, 0.1) is 6.61 Å². The number of rotatable bonds is 9. The van der Waals surface area contributed by atoms with Gasteiger partial charge in [0, 0.05) is 13.0 Å². The molecule has 0 saturated carbocycles. The van der Waals surface area contributed by atoms with E-state index >= 15 is 0 Å². The van der Waals surface area contributed by atoms with E-state index in [1.54, 1.807) is 0 Å². The topological polar surface area (TPSA) is 72.6 Å². The summed E-state index contributed by atoms with van der Waals surface area (Å²) in [6.45, 7) is 2.44. The lowest BCUT2D eigenvalue weighted by atomic mass is 10.1. The summed E-state index contributed by atoms with van der Waals surface area (Å²) in [6, 6.07) is -0.499. The van der Waals surface area contributed by atoms with Gasteiger partial charge in [0.25, 0.3) is 0 Å². The number of hydrogen-bond acceptors (Lipinski definition) is 4. The molecule has 90 valence electrons. The molecule has 0 aromatic heterocycles. The highest BCUT2D eigenvalue weighted by Gasteiger charge is 2.13. The fourth-order valence-electron chi connectivity index (χ4n) is 1.25. The maximum absolute atomic E-state index is 11.3. The highest BCUT2D eigenvalue weighted by Crippen LogP contribution is 2.05. The van der Waals surface area contributed by atoms with Crippen LogP contribution in [0, 0.1) is 0 Å². The first-order valence-electron chi connectivity index (χ1n) is 5.75. The Bertz CT molecular complexity index is 162. The van der Waals surface area contributed by atoms with E-state index < -0.39 is 6.04 Å². The molecule has 4 heteroatoms. The Kier molecular flexibility index (Phi) is 9.52. The second-order valence-electron chi connectivity index (χ2n) is 3.70. The maximum Gasteiger partial charge on any atom is 0.322 e. The Morgan fingerprint density at radius 3 is 2.67 bits per heavy atom. The molecule has 0 aliphatic rings. The van der Waals surface area contributed by atoms with Crippen molar-refractivity contribution in [3.63, 3.8) is 0 Å². The van der Waals surface area contributed by atoms with Crippen LogP contribution in [0.1, 0.15) is 45.4 Å². The van der Waals surface area contributed by atoms with Gasteiger partial charge in [-0.1, -0.05) is 32.6 Å². The monoisotopic (exact) mass is 217 g/mol.